The van der Waals surface area contributed by atoms with E-state index in [0.29, 0.717) is 13.2 Å². The van der Waals surface area contributed by atoms with Crippen LogP contribution in [0, 0.1) is 5.92 Å². The molecule has 0 amide bonds. The second-order valence-corrected chi connectivity index (χ2v) is 5.48. The van der Waals surface area contributed by atoms with Crippen LogP contribution in [0.1, 0.15) is 24.6 Å². The molecule has 21 heavy (non-hydrogen) atoms. The number of aliphatic hydroxyl groups is 1. The first-order valence-corrected chi connectivity index (χ1v) is 6.83. The number of rotatable bonds is 3. The summed E-state index contributed by atoms with van der Waals surface area (Å²) in [6, 6.07) is 0.0807. The molecule has 1 aliphatic carbocycles. The summed E-state index contributed by atoms with van der Waals surface area (Å²) < 4.78 is 47.7. The van der Waals surface area contributed by atoms with E-state index >= 15 is 0 Å². The molecule has 9 heteroatoms. The van der Waals surface area contributed by atoms with Gasteiger partial charge in [-0.15, -0.1) is 0 Å². The van der Waals surface area contributed by atoms with Crippen molar-refractivity contribution >= 4 is 0 Å². The molecule has 1 saturated carbocycles. The first-order valence-electron chi connectivity index (χ1n) is 6.83. The molecule has 0 radical (unpaired) electrons. The third kappa shape index (κ3) is 3.04. The van der Waals surface area contributed by atoms with Gasteiger partial charge in [-0.05, 0) is 18.8 Å². The first-order chi connectivity index (χ1) is 9.97. The van der Waals surface area contributed by atoms with Gasteiger partial charge in [0.2, 0.25) is 5.89 Å². The van der Waals surface area contributed by atoms with E-state index in [1.165, 1.54) is 0 Å². The number of aromatic nitrogens is 2. The topological polar surface area (TPSA) is 71.6 Å². The monoisotopic (exact) mass is 307 g/mol. The third-order valence-electron chi connectivity index (χ3n) is 4.07. The van der Waals surface area contributed by atoms with Gasteiger partial charge in [-0.1, -0.05) is 5.16 Å². The predicted octanol–water partition coefficient (Wildman–Crippen LogP) is 1.06. The van der Waals surface area contributed by atoms with Crippen LogP contribution in [0.25, 0.3) is 0 Å². The minimum atomic E-state index is -4.59. The molecule has 3 atom stereocenters. The number of hydrogen-bond donors (Lipinski definition) is 1. The Morgan fingerprint density at radius 3 is 2.81 bits per heavy atom. The summed E-state index contributed by atoms with van der Waals surface area (Å²) in [6.07, 6.45) is -3.04. The SMILES string of the molecule is OC[C@H]1CC2OCCN(Cc3nc(C(F)(F)F)no3)[C@H]2C1. The Bertz CT molecular complexity index is 494. The van der Waals surface area contributed by atoms with E-state index in [0.717, 1.165) is 12.8 Å². The molecule has 0 aromatic carbocycles. The summed E-state index contributed by atoms with van der Waals surface area (Å²) in [6.45, 7) is 1.39. The van der Waals surface area contributed by atoms with E-state index in [1.54, 1.807) is 0 Å². The molecule has 1 aromatic heterocycles. The molecule has 2 heterocycles. The number of fused-ring (bicyclic) bond motifs is 1. The fraction of sp³-hybridized carbons (Fsp3) is 0.833. The average molecular weight is 307 g/mol. The molecule has 0 spiro atoms. The van der Waals surface area contributed by atoms with Crippen LogP contribution in [0.5, 0.6) is 0 Å². The predicted molar refractivity (Wildman–Crippen MR) is 63.0 cm³/mol. The van der Waals surface area contributed by atoms with Crippen molar-refractivity contribution in [1.82, 2.24) is 15.0 Å². The normalized spacial score (nSPS) is 30.6. The van der Waals surface area contributed by atoms with Crippen LogP contribution in [-0.2, 0) is 17.5 Å². The Morgan fingerprint density at radius 2 is 2.14 bits per heavy atom. The smallest absolute Gasteiger partial charge is 0.396 e. The van der Waals surface area contributed by atoms with Crippen molar-refractivity contribution in [2.45, 2.75) is 37.7 Å². The highest BCUT2D eigenvalue weighted by atomic mass is 19.4. The van der Waals surface area contributed by atoms with Crippen molar-refractivity contribution in [2.75, 3.05) is 19.8 Å². The fourth-order valence-electron chi connectivity index (χ4n) is 3.08. The fourth-order valence-corrected chi connectivity index (χ4v) is 3.08. The molecular formula is C12H16F3N3O3. The van der Waals surface area contributed by atoms with Crippen LogP contribution in [0.3, 0.4) is 0 Å². The highest BCUT2D eigenvalue weighted by molar-refractivity contribution is 4.96. The molecule has 1 aliphatic heterocycles. The Kier molecular flexibility index (Phi) is 3.89. The maximum absolute atomic E-state index is 12.4. The second-order valence-electron chi connectivity index (χ2n) is 5.48. The van der Waals surface area contributed by atoms with E-state index < -0.39 is 12.0 Å². The number of halogens is 3. The van der Waals surface area contributed by atoms with Crippen molar-refractivity contribution in [3.05, 3.63) is 11.7 Å². The van der Waals surface area contributed by atoms with E-state index in [1.807, 2.05) is 4.90 Å². The Hall–Kier alpha value is -1.19. The summed E-state index contributed by atoms with van der Waals surface area (Å²) in [4.78, 5) is 5.39. The lowest BCUT2D eigenvalue weighted by Gasteiger charge is -2.36. The zero-order valence-electron chi connectivity index (χ0n) is 11.2. The lowest BCUT2D eigenvalue weighted by atomic mass is 10.1. The molecule has 1 unspecified atom stereocenters. The molecule has 1 aromatic rings. The van der Waals surface area contributed by atoms with Gasteiger partial charge in [-0.3, -0.25) is 4.90 Å². The van der Waals surface area contributed by atoms with Gasteiger partial charge in [0.15, 0.2) is 0 Å². The van der Waals surface area contributed by atoms with Crippen molar-refractivity contribution in [3.63, 3.8) is 0 Å². The van der Waals surface area contributed by atoms with E-state index in [4.69, 9.17) is 4.74 Å². The quantitative estimate of drug-likeness (QED) is 0.900. The first kappa shape index (κ1) is 14.7. The van der Waals surface area contributed by atoms with E-state index in [-0.39, 0.29) is 37.1 Å². The van der Waals surface area contributed by atoms with Gasteiger partial charge in [0.25, 0.3) is 5.82 Å². The van der Waals surface area contributed by atoms with E-state index in [2.05, 4.69) is 14.7 Å². The largest absolute Gasteiger partial charge is 0.455 e. The zero-order valence-corrected chi connectivity index (χ0v) is 11.2. The lowest BCUT2D eigenvalue weighted by molar-refractivity contribution is -0.146. The summed E-state index contributed by atoms with van der Waals surface area (Å²) in [5.74, 6) is -1.12. The Labute approximate surface area is 118 Å². The number of ether oxygens (including phenoxy) is 1. The van der Waals surface area contributed by atoms with Gasteiger partial charge in [0.05, 0.1) is 19.3 Å². The third-order valence-corrected chi connectivity index (χ3v) is 4.07. The molecule has 2 fully saturated rings. The molecule has 6 nitrogen and oxygen atoms in total. The van der Waals surface area contributed by atoms with E-state index in [9.17, 15) is 18.3 Å². The average Bonchev–Trinajstić information content (AvgIpc) is 3.04. The molecule has 1 saturated heterocycles. The summed E-state index contributed by atoms with van der Waals surface area (Å²) >= 11 is 0. The van der Waals surface area contributed by atoms with Gasteiger partial charge in [-0.2, -0.15) is 18.2 Å². The summed E-state index contributed by atoms with van der Waals surface area (Å²) in [5, 5.41) is 12.2. The molecular weight excluding hydrogens is 291 g/mol. The van der Waals surface area contributed by atoms with Crippen molar-refractivity contribution in [2.24, 2.45) is 5.92 Å². The van der Waals surface area contributed by atoms with Crippen molar-refractivity contribution in [3.8, 4) is 0 Å². The van der Waals surface area contributed by atoms with Gasteiger partial charge >= 0.3 is 6.18 Å². The zero-order chi connectivity index (χ0) is 15.0. The standard InChI is InChI=1S/C12H16F3N3O3/c13-12(14,15)11-16-10(21-17-11)5-18-1-2-20-9-4-7(6-19)3-8(9)18/h7-9,19H,1-6H2/t7-,8+,9?/m1/s1. The molecule has 1 N–H and O–H groups in total. The van der Waals surface area contributed by atoms with Gasteiger partial charge in [0, 0.05) is 19.2 Å². The van der Waals surface area contributed by atoms with Crippen LogP contribution in [0.4, 0.5) is 13.2 Å². The molecule has 2 aliphatic rings. The number of hydrogen-bond acceptors (Lipinski definition) is 6. The molecule has 118 valence electrons. The lowest BCUT2D eigenvalue weighted by Crippen LogP contribution is -2.47. The van der Waals surface area contributed by atoms with Gasteiger partial charge < -0.3 is 14.4 Å². The number of alkyl halides is 3. The van der Waals surface area contributed by atoms with Gasteiger partial charge in [-0.25, -0.2) is 0 Å². The minimum Gasteiger partial charge on any atom is -0.396 e. The maximum Gasteiger partial charge on any atom is 0.455 e. The number of nitrogens with zero attached hydrogens (tertiary/aromatic N) is 3. The summed E-state index contributed by atoms with van der Waals surface area (Å²) in [5.41, 5.74) is 0. The maximum atomic E-state index is 12.4. The summed E-state index contributed by atoms with van der Waals surface area (Å²) in [7, 11) is 0. The number of morpholine rings is 1. The van der Waals surface area contributed by atoms with Gasteiger partial charge in [0.1, 0.15) is 0 Å². The van der Waals surface area contributed by atoms with Crippen LogP contribution in [0.15, 0.2) is 4.52 Å². The van der Waals surface area contributed by atoms with Crippen molar-refractivity contribution < 1.29 is 27.5 Å². The highest BCUT2D eigenvalue weighted by Crippen LogP contribution is 2.34. The van der Waals surface area contributed by atoms with Crippen LogP contribution in [-0.4, -0.2) is 52.1 Å². The van der Waals surface area contributed by atoms with Crippen LogP contribution < -0.4 is 0 Å². The highest BCUT2D eigenvalue weighted by Gasteiger charge is 2.42. The molecule has 0 bridgehead atoms. The van der Waals surface area contributed by atoms with Crippen LogP contribution >= 0.6 is 0 Å². The minimum absolute atomic E-state index is 0.0147. The molecule has 3 rings (SSSR count). The second kappa shape index (κ2) is 5.54. The Morgan fingerprint density at radius 1 is 1.33 bits per heavy atom. The number of aliphatic hydroxyl groups excluding tert-OH is 1. The Balaban J connectivity index is 1.68. The van der Waals surface area contributed by atoms with Crippen molar-refractivity contribution in [1.29, 1.82) is 0 Å². The van der Waals surface area contributed by atoms with Crippen LogP contribution in [0.2, 0.25) is 0 Å².